The van der Waals surface area contributed by atoms with Crippen LogP contribution in [0.1, 0.15) is 17.5 Å². The van der Waals surface area contributed by atoms with Crippen LogP contribution in [-0.2, 0) is 35.5 Å². The number of ether oxygens (including phenoxy) is 3. The Morgan fingerprint density at radius 1 is 1.07 bits per heavy atom. The lowest BCUT2D eigenvalue weighted by atomic mass is 9.96. The Balaban J connectivity index is 1.71. The van der Waals surface area contributed by atoms with Gasteiger partial charge in [0.1, 0.15) is 17.1 Å². The van der Waals surface area contributed by atoms with Crippen LogP contribution in [0.3, 0.4) is 0 Å². The minimum atomic E-state index is -3.58. The molecule has 144 valence electrons. The number of hydrogen-bond acceptors (Lipinski definition) is 6. The lowest BCUT2D eigenvalue weighted by Crippen LogP contribution is -2.53. The molecule has 1 saturated heterocycles. The van der Waals surface area contributed by atoms with Crippen LogP contribution in [-0.4, -0.2) is 40.5 Å². The molecule has 1 heterocycles. The Kier molecular flexibility index (Phi) is 5.82. The molecule has 2 aromatic carbocycles. The first kappa shape index (κ1) is 19.4. The number of rotatable bonds is 8. The van der Waals surface area contributed by atoms with E-state index in [2.05, 4.69) is 4.74 Å². The molecule has 3 rings (SSSR count). The topological polar surface area (TPSA) is 78.9 Å². The van der Waals surface area contributed by atoms with Gasteiger partial charge in [-0.25, -0.2) is 8.42 Å². The maximum absolute atomic E-state index is 12.8. The summed E-state index contributed by atoms with van der Waals surface area (Å²) < 4.78 is 40.1. The maximum atomic E-state index is 12.8. The minimum Gasteiger partial charge on any atom is -0.489 e. The van der Waals surface area contributed by atoms with Gasteiger partial charge in [0.15, 0.2) is 9.84 Å². The Hall–Kier alpha value is -2.38. The van der Waals surface area contributed by atoms with E-state index in [1.807, 2.05) is 30.3 Å². The van der Waals surface area contributed by atoms with E-state index in [0.717, 1.165) is 5.56 Å². The molecule has 0 N–H and O–H groups in total. The molecule has 27 heavy (non-hydrogen) atoms. The van der Waals surface area contributed by atoms with Crippen LogP contribution in [0.2, 0.25) is 0 Å². The van der Waals surface area contributed by atoms with Crippen LogP contribution >= 0.6 is 0 Å². The standard InChI is InChI=1S/C20H22O6S/c1-24-19(21)11-12-27(22,23)20(14-25-15-20)17-7-9-18(10-8-17)26-13-16-5-3-2-4-6-16/h2-10H,11-15H2,1H3. The highest BCUT2D eigenvalue weighted by atomic mass is 32.2. The summed E-state index contributed by atoms with van der Waals surface area (Å²) in [6.45, 7) is 0.604. The normalized spacial score (nSPS) is 15.6. The number of hydrogen-bond donors (Lipinski definition) is 0. The molecule has 1 fully saturated rings. The fraction of sp³-hybridized carbons (Fsp3) is 0.350. The highest BCUT2D eigenvalue weighted by molar-refractivity contribution is 7.92. The van der Waals surface area contributed by atoms with E-state index in [1.165, 1.54) is 7.11 Å². The zero-order valence-corrected chi connectivity index (χ0v) is 15.9. The van der Waals surface area contributed by atoms with Crippen molar-refractivity contribution in [3.8, 4) is 5.75 Å². The first-order chi connectivity index (χ1) is 13.0. The predicted molar refractivity (Wildman–Crippen MR) is 100 cm³/mol. The third-order valence-corrected chi connectivity index (χ3v) is 7.10. The van der Waals surface area contributed by atoms with E-state index in [-0.39, 0.29) is 25.4 Å². The van der Waals surface area contributed by atoms with E-state index in [9.17, 15) is 13.2 Å². The van der Waals surface area contributed by atoms with Gasteiger partial charge in [-0.05, 0) is 23.3 Å². The Labute approximate surface area is 159 Å². The Bertz CT molecular complexity index is 870. The first-order valence-electron chi connectivity index (χ1n) is 8.61. The summed E-state index contributed by atoms with van der Waals surface area (Å²) in [5.74, 6) is -0.154. The van der Waals surface area contributed by atoms with Gasteiger partial charge in [-0.2, -0.15) is 0 Å². The van der Waals surface area contributed by atoms with Gasteiger partial charge in [0.2, 0.25) is 0 Å². The molecule has 1 aliphatic heterocycles. The fourth-order valence-corrected chi connectivity index (χ4v) is 4.77. The number of esters is 1. The average Bonchev–Trinajstić information content (AvgIpc) is 2.65. The number of methoxy groups -OCH3 is 1. The molecule has 0 radical (unpaired) electrons. The van der Waals surface area contributed by atoms with Gasteiger partial charge in [-0.3, -0.25) is 4.79 Å². The van der Waals surface area contributed by atoms with Gasteiger partial charge in [-0.15, -0.1) is 0 Å². The zero-order chi connectivity index (χ0) is 19.3. The number of carbonyl (C=O) groups excluding carboxylic acids is 1. The van der Waals surface area contributed by atoms with Crippen molar-refractivity contribution < 1.29 is 27.4 Å². The predicted octanol–water partition coefficient (Wildman–Crippen LogP) is 2.47. The van der Waals surface area contributed by atoms with Crippen molar-refractivity contribution in [1.82, 2.24) is 0 Å². The molecule has 6 nitrogen and oxygen atoms in total. The second-order valence-corrected chi connectivity index (χ2v) is 8.85. The lowest BCUT2D eigenvalue weighted by molar-refractivity contribution is -0.140. The van der Waals surface area contributed by atoms with Crippen LogP contribution < -0.4 is 4.74 Å². The molecule has 0 unspecified atom stereocenters. The van der Waals surface area contributed by atoms with Crippen molar-refractivity contribution in [2.24, 2.45) is 0 Å². The van der Waals surface area contributed by atoms with E-state index in [4.69, 9.17) is 9.47 Å². The summed E-state index contributed by atoms with van der Waals surface area (Å²) in [4.78, 5) is 11.3. The quantitative estimate of drug-likeness (QED) is 0.645. The number of benzene rings is 2. The highest BCUT2D eigenvalue weighted by Crippen LogP contribution is 2.39. The lowest BCUT2D eigenvalue weighted by Gasteiger charge is -2.41. The summed E-state index contributed by atoms with van der Waals surface area (Å²) in [5, 5.41) is 0. The van der Waals surface area contributed by atoms with Crippen molar-refractivity contribution in [1.29, 1.82) is 0 Å². The van der Waals surface area contributed by atoms with E-state index in [0.29, 0.717) is 17.9 Å². The molecule has 7 heteroatoms. The molecule has 1 aliphatic rings. The third-order valence-electron chi connectivity index (χ3n) is 4.70. The Morgan fingerprint density at radius 3 is 2.30 bits per heavy atom. The molecule has 2 aromatic rings. The van der Waals surface area contributed by atoms with Crippen molar-refractivity contribution in [2.75, 3.05) is 26.1 Å². The summed E-state index contributed by atoms with van der Waals surface area (Å²) in [6, 6.07) is 16.8. The molecule has 0 amide bonds. The zero-order valence-electron chi connectivity index (χ0n) is 15.1. The van der Waals surface area contributed by atoms with Crippen LogP contribution in [0.4, 0.5) is 0 Å². The number of carbonyl (C=O) groups is 1. The van der Waals surface area contributed by atoms with Gasteiger partial charge < -0.3 is 14.2 Å². The molecule has 0 saturated carbocycles. The summed E-state index contributed by atoms with van der Waals surface area (Å²) >= 11 is 0. The van der Waals surface area contributed by atoms with Gasteiger partial charge >= 0.3 is 5.97 Å². The summed E-state index contributed by atoms with van der Waals surface area (Å²) in [7, 11) is -2.34. The first-order valence-corrected chi connectivity index (χ1v) is 10.3. The number of sulfone groups is 1. The van der Waals surface area contributed by atoms with Gasteiger partial charge in [-0.1, -0.05) is 42.5 Å². The van der Waals surface area contributed by atoms with Crippen LogP contribution in [0.25, 0.3) is 0 Å². The van der Waals surface area contributed by atoms with E-state index >= 15 is 0 Å². The highest BCUT2D eigenvalue weighted by Gasteiger charge is 2.51. The van der Waals surface area contributed by atoms with Crippen LogP contribution in [0, 0.1) is 0 Å². The molecular formula is C20H22O6S. The van der Waals surface area contributed by atoms with Gasteiger partial charge in [0.05, 0.1) is 32.5 Å². The van der Waals surface area contributed by atoms with Crippen molar-refractivity contribution >= 4 is 15.8 Å². The molecular weight excluding hydrogens is 368 g/mol. The second kappa shape index (κ2) is 8.10. The average molecular weight is 390 g/mol. The minimum absolute atomic E-state index is 0.0841. The van der Waals surface area contributed by atoms with E-state index < -0.39 is 20.6 Å². The summed E-state index contributed by atoms with van der Waals surface area (Å²) in [6.07, 6.45) is -0.168. The molecule has 0 bridgehead atoms. The fourth-order valence-electron chi connectivity index (χ4n) is 2.92. The molecule has 0 spiro atoms. The smallest absolute Gasteiger partial charge is 0.306 e. The SMILES string of the molecule is COC(=O)CCS(=O)(=O)C1(c2ccc(OCc3ccccc3)cc2)COC1. The third kappa shape index (κ3) is 4.14. The summed E-state index contributed by atoms with van der Waals surface area (Å²) in [5.41, 5.74) is 1.70. The van der Waals surface area contributed by atoms with Gasteiger partial charge in [0.25, 0.3) is 0 Å². The van der Waals surface area contributed by atoms with Crippen molar-refractivity contribution in [3.05, 3.63) is 65.7 Å². The second-order valence-electron chi connectivity index (χ2n) is 6.43. The largest absolute Gasteiger partial charge is 0.489 e. The molecule has 0 aromatic heterocycles. The van der Waals surface area contributed by atoms with Gasteiger partial charge in [0, 0.05) is 0 Å². The van der Waals surface area contributed by atoms with Crippen LogP contribution in [0.5, 0.6) is 5.75 Å². The van der Waals surface area contributed by atoms with Crippen molar-refractivity contribution in [3.63, 3.8) is 0 Å². The van der Waals surface area contributed by atoms with Crippen molar-refractivity contribution in [2.45, 2.75) is 17.8 Å². The Morgan fingerprint density at radius 2 is 1.74 bits per heavy atom. The molecule has 0 atom stereocenters. The van der Waals surface area contributed by atoms with Crippen LogP contribution in [0.15, 0.2) is 54.6 Å². The molecule has 0 aliphatic carbocycles. The monoisotopic (exact) mass is 390 g/mol. The maximum Gasteiger partial charge on any atom is 0.306 e. The van der Waals surface area contributed by atoms with E-state index in [1.54, 1.807) is 24.3 Å².